The van der Waals surface area contributed by atoms with E-state index >= 15 is 0 Å². The molecule has 118 heavy (non-hydrogen) atoms. The van der Waals surface area contributed by atoms with Gasteiger partial charge in [-0.25, -0.2) is 0 Å². The molecule has 0 aliphatic heterocycles. The number of aryl methyl sites for hydroxylation is 16. The predicted octanol–water partition coefficient (Wildman–Crippen LogP) is 36.3. The van der Waals surface area contributed by atoms with Gasteiger partial charge < -0.3 is 0 Å². The van der Waals surface area contributed by atoms with E-state index in [4.69, 9.17) is 20.6 Å². The molecule has 0 heterocycles. The lowest BCUT2D eigenvalue weighted by Crippen LogP contribution is -2.35. The molecule has 640 valence electrons. The molecule has 17 rings (SSSR count). The van der Waals surface area contributed by atoms with Crippen molar-refractivity contribution in [2.75, 3.05) is 0 Å². The van der Waals surface area contributed by atoms with Crippen LogP contribution in [0.4, 0.5) is 0 Å². The normalized spacial score (nSPS) is 23.8. The van der Waals surface area contributed by atoms with Gasteiger partial charge in [0.15, 0.2) is 0 Å². The second kappa shape index (κ2) is 41.8. The van der Waals surface area contributed by atoms with Crippen molar-refractivity contribution in [3.05, 3.63) is 257 Å². The largest absolute Gasteiger partial charge is 0.0625 e. The Morgan fingerprint density at radius 2 is 0.517 bits per heavy atom. The number of hydrogen-bond acceptors (Lipinski definition) is 0. The van der Waals surface area contributed by atoms with Crippen LogP contribution in [0.25, 0.3) is 22.3 Å². The minimum atomic E-state index is -2.24. The average molecular weight is 1600 g/mol. The van der Waals surface area contributed by atoms with Crippen molar-refractivity contribution in [1.82, 2.24) is 0 Å². The molecule has 9 saturated carbocycles. The zero-order chi connectivity index (χ0) is 97.4. The summed E-state index contributed by atoms with van der Waals surface area (Å²) in [5, 5.41) is 0. The van der Waals surface area contributed by atoms with Crippen LogP contribution in [0, 0.1) is 149 Å². The van der Waals surface area contributed by atoms with Gasteiger partial charge in [0.1, 0.15) is 0 Å². The van der Waals surface area contributed by atoms with E-state index in [1.54, 1.807) is 60.5 Å². The summed E-state index contributed by atoms with van der Waals surface area (Å²) in [7, 11) is 0. The third-order valence-electron chi connectivity index (χ3n) is 31.8. The summed E-state index contributed by atoms with van der Waals surface area (Å²) in [6.07, 6.45) is 50.3. The molecule has 9 fully saturated rings. The molecule has 8 aromatic carbocycles. The van der Waals surface area contributed by atoms with Gasteiger partial charge in [-0.1, -0.05) is 256 Å². The minimum Gasteiger partial charge on any atom is -0.0625 e. The Morgan fingerprint density at radius 1 is 0.237 bits per heavy atom. The van der Waals surface area contributed by atoms with E-state index in [2.05, 4.69) is 163 Å². The predicted molar refractivity (Wildman–Crippen MR) is 518 cm³/mol. The van der Waals surface area contributed by atoms with Crippen LogP contribution in [-0.4, -0.2) is 0 Å². The molecule has 0 unspecified atom stereocenters. The summed E-state index contributed by atoms with van der Waals surface area (Å²) in [5.41, 5.74) is 27.9. The molecule has 9 aliphatic rings. The Morgan fingerprint density at radius 3 is 0.915 bits per heavy atom. The fourth-order valence-electron chi connectivity index (χ4n) is 21.9. The maximum atomic E-state index is 8.95. The Kier molecular flexibility index (Phi) is 25.9. The van der Waals surface area contributed by atoms with Crippen LogP contribution in [0.2, 0.25) is 0 Å². The van der Waals surface area contributed by atoms with Gasteiger partial charge in [-0.2, -0.15) is 0 Å². The Hall–Kier alpha value is -6.24. The van der Waals surface area contributed by atoms with Crippen molar-refractivity contribution in [2.45, 2.75) is 413 Å². The molecule has 0 amide bonds. The van der Waals surface area contributed by atoms with Crippen LogP contribution in [-0.2, 0) is 0 Å². The molecular formula is C118H168. The van der Waals surface area contributed by atoms with Crippen LogP contribution >= 0.6 is 0 Å². The third-order valence-corrected chi connectivity index (χ3v) is 31.8. The van der Waals surface area contributed by atoms with Crippen LogP contribution in [0.1, 0.15) is 434 Å². The standard InChI is InChI=1S/2C19H28.C16H28.2C16H18.2C16H24/c2*1-15-6-7-18(14-16(15)2)17-8-12-19(13-9-17)10-4-3-5-11-19;1-14-4-8-16(9-5-14)12-10-15(11-13-16)6-2-3-7-15;2*1-11-5-8-16(14(4)9-11)15-7-6-12(2)13(3)10-15;2*1-12-5-6-15(11-13(12)2)14-7-9-16(3,4)10-8-14/h2*6-7,14,17H,3-5,8-13H2,1-2H3;14H,2-13H2,1H3;2*5-10H,1-4H3;2*5-6,11,14H,7-10H2,1-4H3/i2D3,17D;;14D;3D3,4D3;;2D3,14D;. The van der Waals surface area contributed by atoms with E-state index in [0.717, 1.165) is 115 Å². The highest BCUT2D eigenvalue weighted by Crippen LogP contribution is 2.59. The lowest BCUT2D eigenvalue weighted by molar-refractivity contribution is 0.0378. The zero-order valence-corrected chi connectivity index (χ0v) is 77.4. The summed E-state index contributed by atoms with van der Waals surface area (Å²) in [6, 6.07) is 48.9. The Balaban J connectivity index is 0.000000150. The molecule has 8 aromatic rings. The Bertz CT molecular complexity index is 5110. The molecule has 0 atom stereocenters. The molecular weight excluding hydrogens is 1420 g/mol. The van der Waals surface area contributed by atoms with Crippen LogP contribution in [0.3, 0.4) is 0 Å². The topological polar surface area (TPSA) is 0 Å². The average Bonchev–Trinajstić information content (AvgIpc) is 1.42. The second-order valence-electron chi connectivity index (χ2n) is 41.8. The summed E-state index contributed by atoms with van der Waals surface area (Å²) in [6.45, 7) is 27.6. The van der Waals surface area contributed by atoms with Gasteiger partial charge in [-0.15, -0.1) is 0 Å². The van der Waals surface area contributed by atoms with Crippen LogP contribution in [0.15, 0.2) is 146 Å². The van der Waals surface area contributed by atoms with Crippen LogP contribution < -0.4 is 0 Å². The van der Waals surface area contributed by atoms with Crippen molar-refractivity contribution in [3.63, 3.8) is 0 Å². The van der Waals surface area contributed by atoms with Gasteiger partial charge >= 0.3 is 0 Å². The fourth-order valence-corrected chi connectivity index (χ4v) is 21.9. The molecule has 0 radical (unpaired) electrons. The molecule has 0 heteroatoms. The number of benzene rings is 8. The van der Waals surface area contributed by atoms with E-state index in [0.29, 0.717) is 49.5 Å². The van der Waals surface area contributed by atoms with Crippen molar-refractivity contribution >= 4 is 0 Å². The lowest BCUT2D eigenvalue weighted by atomic mass is 9.57. The van der Waals surface area contributed by atoms with Crippen molar-refractivity contribution in [3.8, 4) is 22.3 Å². The maximum Gasteiger partial charge on any atom is 0.0352 e. The summed E-state index contributed by atoms with van der Waals surface area (Å²) in [5.74, 6) is 0.326. The smallest absolute Gasteiger partial charge is 0.0352 e. The number of hydrogen-bond donors (Lipinski definition) is 0. The van der Waals surface area contributed by atoms with E-state index in [1.807, 2.05) is 51.1 Å². The number of rotatable bonds is 6. The highest BCUT2D eigenvalue weighted by Gasteiger charge is 2.45. The molecule has 4 spiro atoms. The van der Waals surface area contributed by atoms with Gasteiger partial charge in [0, 0.05) is 20.6 Å². The summed E-state index contributed by atoms with van der Waals surface area (Å²) >= 11 is 0. The molecule has 0 aromatic heterocycles. The van der Waals surface area contributed by atoms with E-state index in [1.165, 1.54) is 235 Å². The lowest BCUT2D eigenvalue weighted by Gasteiger charge is -2.48. The summed E-state index contributed by atoms with van der Waals surface area (Å²) < 4.78 is 118. The molecule has 0 saturated heterocycles. The molecule has 0 N–H and O–H groups in total. The third kappa shape index (κ3) is 25.7. The second-order valence-corrected chi connectivity index (χ2v) is 41.8. The van der Waals surface area contributed by atoms with Gasteiger partial charge in [0.05, 0.1) is 0 Å². The molecule has 0 nitrogen and oxygen atoms in total. The van der Waals surface area contributed by atoms with E-state index < -0.39 is 39.2 Å². The Labute approximate surface area is 746 Å². The first-order valence-electron chi connectivity index (χ1n) is 54.8. The monoisotopic (exact) mass is 1600 g/mol. The first kappa shape index (κ1) is 73.3. The quantitative estimate of drug-likeness (QED) is 0.156. The van der Waals surface area contributed by atoms with Gasteiger partial charge in [-0.05, 0) is 475 Å². The highest BCUT2D eigenvalue weighted by molar-refractivity contribution is 5.70. The first-order chi connectivity index (χ1) is 62.0. The van der Waals surface area contributed by atoms with Crippen molar-refractivity contribution in [2.24, 2.45) is 38.4 Å². The zero-order valence-electron chi connectivity index (χ0n) is 92.4. The van der Waals surface area contributed by atoms with Gasteiger partial charge in [0.25, 0.3) is 0 Å². The molecule has 9 aliphatic carbocycles. The maximum absolute atomic E-state index is 8.95. The fraction of sp³-hybridized carbons (Fsp3) is 0.593. The summed E-state index contributed by atoms with van der Waals surface area (Å²) in [4.78, 5) is 0. The van der Waals surface area contributed by atoms with Crippen LogP contribution in [0.5, 0.6) is 0 Å². The highest BCUT2D eigenvalue weighted by atomic mass is 14.5. The SMILES string of the molecule is Cc1ccc(-c2ccc(C)c(C)c2)c(C)c1.Cc1ccc(C2CCC(C)(C)CC2)cc1C.Cc1ccc(C2CCC3(CCCCC3)CC2)cc1C.[2H]C([2H])([2H])c1cc(-c2ccc(C)cc2C([2H])([2H])[2H])ccc1C.[2H]C([2H])([2H])c1cc(C2([2H])CCC(C)(C)CC2)ccc1C.[2H]C([2H])([2H])c1cc(C2([2H])CCC3(CCCCC3)CC2)ccc1C.[2H]C1(C)CCC2(CC1)CCC1(CCCC1)CC2. The molecule has 0 bridgehead atoms. The van der Waals surface area contributed by atoms with E-state index in [9.17, 15) is 0 Å². The van der Waals surface area contributed by atoms with Crippen molar-refractivity contribution in [1.29, 1.82) is 0 Å². The van der Waals surface area contributed by atoms with Gasteiger partial charge in [0.2, 0.25) is 0 Å². The van der Waals surface area contributed by atoms with E-state index in [-0.39, 0.29) is 17.0 Å². The first-order valence-corrected chi connectivity index (χ1v) is 47.3. The van der Waals surface area contributed by atoms with Crippen molar-refractivity contribution < 1.29 is 20.6 Å². The van der Waals surface area contributed by atoms with Gasteiger partial charge in [-0.3, -0.25) is 0 Å². The minimum absolute atomic E-state index is 0.103.